The number of nitrogens with one attached hydrogen (secondary N) is 1. The van der Waals surface area contributed by atoms with Gasteiger partial charge in [0.15, 0.2) is 17.5 Å². The van der Waals surface area contributed by atoms with Gasteiger partial charge in [-0.15, -0.1) is 0 Å². The number of methoxy groups -OCH3 is 2. The Labute approximate surface area is 167 Å². The molecule has 0 radical (unpaired) electrons. The summed E-state index contributed by atoms with van der Waals surface area (Å²) in [6.07, 6.45) is 3.20. The van der Waals surface area contributed by atoms with E-state index in [1.165, 1.54) is 5.56 Å². The van der Waals surface area contributed by atoms with Crippen molar-refractivity contribution in [2.24, 2.45) is 10.7 Å². The molecule has 1 aliphatic heterocycles. The molecule has 1 fully saturated rings. The molecule has 0 aromatic heterocycles. The molecular weight excluding hydrogens is 360 g/mol. The molecular formula is C20H32N4O4. The molecule has 0 bridgehead atoms. The fraction of sp³-hybridized carbons (Fsp3) is 0.600. The minimum absolute atomic E-state index is 0.236. The summed E-state index contributed by atoms with van der Waals surface area (Å²) in [4.78, 5) is 17.9. The van der Waals surface area contributed by atoms with Crippen LogP contribution in [0.5, 0.6) is 11.5 Å². The van der Waals surface area contributed by atoms with Crippen molar-refractivity contribution in [3.05, 3.63) is 23.8 Å². The summed E-state index contributed by atoms with van der Waals surface area (Å²) in [5.74, 6) is 1.92. The Balaban J connectivity index is 1.70. The third-order valence-electron chi connectivity index (χ3n) is 4.73. The molecule has 156 valence electrons. The Morgan fingerprint density at radius 2 is 1.96 bits per heavy atom. The molecule has 28 heavy (non-hydrogen) atoms. The van der Waals surface area contributed by atoms with Crippen LogP contribution in [0.2, 0.25) is 0 Å². The first-order valence-electron chi connectivity index (χ1n) is 9.76. The van der Waals surface area contributed by atoms with E-state index in [0.29, 0.717) is 32.2 Å². The number of guanidine groups is 1. The number of likely N-dealkylation sites (tertiary alicyclic amines) is 1. The lowest BCUT2D eigenvalue weighted by atomic mass is 10.1. The summed E-state index contributed by atoms with van der Waals surface area (Å²) in [7, 11) is 3.26. The van der Waals surface area contributed by atoms with Crippen molar-refractivity contribution >= 4 is 12.1 Å². The van der Waals surface area contributed by atoms with E-state index >= 15 is 0 Å². The second-order valence-corrected chi connectivity index (χ2v) is 6.66. The van der Waals surface area contributed by atoms with Gasteiger partial charge in [-0.2, -0.15) is 0 Å². The van der Waals surface area contributed by atoms with Gasteiger partial charge in [0.05, 0.1) is 20.8 Å². The number of rotatable bonds is 8. The van der Waals surface area contributed by atoms with Crippen molar-refractivity contribution in [2.75, 3.05) is 40.5 Å². The Hall–Kier alpha value is -2.64. The molecule has 1 aromatic carbocycles. The predicted molar refractivity (Wildman–Crippen MR) is 109 cm³/mol. The van der Waals surface area contributed by atoms with Crippen LogP contribution in [0.15, 0.2) is 23.2 Å². The van der Waals surface area contributed by atoms with Gasteiger partial charge in [-0.1, -0.05) is 6.07 Å². The van der Waals surface area contributed by atoms with Gasteiger partial charge < -0.3 is 30.2 Å². The summed E-state index contributed by atoms with van der Waals surface area (Å²) in [5.41, 5.74) is 7.18. The molecule has 0 spiro atoms. The smallest absolute Gasteiger partial charge is 0.409 e. The highest BCUT2D eigenvalue weighted by Crippen LogP contribution is 2.27. The molecule has 3 N–H and O–H groups in total. The van der Waals surface area contributed by atoms with Crippen molar-refractivity contribution in [3.63, 3.8) is 0 Å². The second-order valence-electron chi connectivity index (χ2n) is 6.66. The second kappa shape index (κ2) is 11.3. The Morgan fingerprint density at radius 1 is 1.25 bits per heavy atom. The predicted octanol–water partition coefficient (Wildman–Crippen LogP) is 2.16. The Kier molecular flexibility index (Phi) is 8.71. The molecule has 0 aliphatic carbocycles. The first-order chi connectivity index (χ1) is 13.6. The molecule has 0 unspecified atom stereocenters. The molecule has 2 rings (SSSR count). The summed E-state index contributed by atoms with van der Waals surface area (Å²) >= 11 is 0. The lowest BCUT2D eigenvalue weighted by Crippen LogP contribution is -2.48. The number of ether oxygens (including phenoxy) is 3. The maximum absolute atomic E-state index is 11.7. The van der Waals surface area contributed by atoms with E-state index in [2.05, 4.69) is 10.3 Å². The maximum atomic E-state index is 11.7. The van der Waals surface area contributed by atoms with Crippen LogP contribution in [0.25, 0.3) is 0 Å². The van der Waals surface area contributed by atoms with Crippen molar-refractivity contribution in [1.29, 1.82) is 0 Å². The van der Waals surface area contributed by atoms with Crippen LogP contribution in [-0.4, -0.2) is 63.5 Å². The van der Waals surface area contributed by atoms with Gasteiger partial charge >= 0.3 is 6.09 Å². The average molecular weight is 393 g/mol. The minimum atomic E-state index is -0.238. The highest BCUT2D eigenvalue weighted by Gasteiger charge is 2.23. The molecule has 1 heterocycles. The number of piperidine rings is 1. The number of amides is 1. The van der Waals surface area contributed by atoms with Crippen LogP contribution in [-0.2, 0) is 11.2 Å². The van der Waals surface area contributed by atoms with Crippen molar-refractivity contribution in [2.45, 2.75) is 38.6 Å². The number of nitrogens with zero attached hydrogens (tertiary/aromatic N) is 2. The van der Waals surface area contributed by atoms with Gasteiger partial charge in [0, 0.05) is 25.7 Å². The number of carbonyl (C=O) groups is 1. The summed E-state index contributed by atoms with van der Waals surface area (Å²) in [6.45, 7) is 4.20. The largest absolute Gasteiger partial charge is 0.493 e. The maximum Gasteiger partial charge on any atom is 0.409 e. The van der Waals surface area contributed by atoms with Crippen molar-refractivity contribution in [3.8, 4) is 11.5 Å². The first-order valence-corrected chi connectivity index (χ1v) is 9.76. The van der Waals surface area contributed by atoms with Gasteiger partial charge in [-0.3, -0.25) is 4.99 Å². The average Bonchev–Trinajstić information content (AvgIpc) is 2.71. The topological polar surface area (TPSA) is 98.4 Å². The lowest BCUT2D eigenvalue weighted by molar-refractivity contribution is 0.0963. The fourth-order valence-electron chi connectivity index (χ4n) is 3.19. The van der Waals surface area contributed by atoms with Gasteiger partial charge in [0.2, 0.25) is 0 Å². The third kappa shape index (κ3) is 6.51. The molecule has 1 amide bonds. The zero-order valence-corrected chi connectivity index (χ0v) is 17.1. The van der Waals surface area contributed by atoms with Crippen LogP contribution in [0.3, 0.4) is 0 Å². The van der Waals surface area contributed by atoms with Gasteiger partial charge in [-0.05, 0) is 50.3 Å². The zero-order valence-electron chi connectivity index (χ0n) is 17.1. The van der Waals surface area contributed by atoms with Crippen LogP contribution in [0.4, 0.5) is 4.79 Å². The van der Waals surface area contributed by atoms with E-state index in [9.17, 15) is 4.79 Å². The summed E-state index contributed by atoms with van der Waals surface area (Å²) < 4.78 is 15.6. The summed E-state index contributed by atoms with van der Waals surface area (Å²) in [6, 6.07) is 6.17. The number of nitrogens with two attached hydrogens (primary N) is 1. The number of aliphatic imine (C=N–C) groups is 1. The molecule has 8 nitrogen and oxygen atoms in total. The molecule has 0 saturated carbocycles. The summed E-state index contributed by atoms with van der Waals surface area (Å²) in [5, 5.41) is 3.25. The molecule has 8 heteroatoms. The number of hydrogen-bond acceptors (Lipinski definition) is 5. The Bertz CT molecular complexity index is 658. The molecule has 0 atom stereocenters. The lowest BCUT2D eigenvalue weighted by Gasteiger charge is -2.31. The monoisotopic (exact) mass is 392 g/mol. The Morgan fingerprint density at radius 3 is 2.61 bits per heavy atom. The third-order valence-corrected chi connectivity index (χ3v) is 4.73. The number of aryl methyl sites for hydroxylation is 1. The van der Waals surface area contributed by atoms with E-state index in [1.54, 1.807) is 19.1 Å². The highest BCUT2D eigenvalue weighted by atomic mass is 16.6. The first kappa shape index (κ1) is 21.7. The van der Waals surface area contributed by atoms with E-state index in [-0.39, 0.29) is 12.1 Å². The van der Waals surface area contributed by atoms with E-state index < -0.39 is 0 Å². The van der Waals surface area contributed by atoms with Gasteiger partial charge in [-0.25, -0.2) is 4.79 Å². The number of benzene rings is 1. The van der Waals surface area contributed by atoms with E-state index in [0.717, 1.165) is 37.2 Å². The van der Waals surface area contributed by atoms with Crippen molar-refractivity contribution < 1.29 is 19.0 Å². The molecule has 1 aliphatic rings. The SMILES string of the molecule is CCOC(=O)N1CCC(NC(N)=NCCCc2ccc(OC)c(OC)c2)CC1. The normalized spacial score (nSPS) is 15.2. The molecule has 1 aromatic rings. The highest BCUT2D eigenvalue weighted by molar-refractivity contribution is 5.78. The van der Waals surface area contributed by atoms with E-state index in [1.807, 2.05) is 25.1 Å². The minimum Gasteiger partial charge on any atom is -0.493 e. The van der Waals surface area contributed by atoms with Crippen molar-refractivity contribution in [1.82, 2.24) is 10.2 Å². The number of hydrogen-bond donors (Lipinski definition) is 2. The van der Waals surface area contributed by atoms with Crippen LogP contribution < -0.4 is 20.5 Å². The van der Waals surface area contributed by atoms with Crippen LogP contribution >= 0.6 is 0 Å². The zero-order chi connectivity index (χ0) is 20.4. The number of carbonyl (C=O) groups excluding carboxylic acids is 1. The van der Waals surface area contributed by atoms with Crippen LogP contribution in [0.1, 0.15) is 31.7 Å². The van der Waals surface area contributed by atoms with Gasteiger partial charge in [0.1, 0.15) is 0 Å². The molecule has 1 saturated heterocycles. The van der Waals surface area contributed by atoms with E-state index in [4.69, 9.17) is 19.9 Å². The quantitative estimate of drug-likeness (QED) is 0.400. The van der Waals surface area contributed by atoms with Gasteiger partial charge in [0.25, 0.3) is 0 Å². The van der Waals surface area contributed by atoms with Crippen LogP contribution in [0, 0.1) is 0 Å². The fourth-order valence-corrected chi connectivity index (χ4v) is 3.19. The standard InChI is InChI=1S/C20H32N4O4/c1-4-28-20(25)24-12-9-16(10-13-24)23-19(21)22-11-5-6-15-7-8-17(26-2)18(14-15)27-3/h7-8,14,16H,4-6,9-13H2,1-3H3,(H3,21,22,23).